The summed E-state index contributed by atoms with van der Waals surface area (Å²) in [5.74, 6) is 0. The molecule has 0 saturated heterocycles. The molecule has 0 bridgehead atoms. The van der Waals surface area contributed by atoms with Crippen molar-refractivity contribution in [1.82, 2.24) is 0 Å². The van der Waals surface area contributed by atoms with E-state index in [1.807, 2.05) is 69.3 Å². The van der Waals surface area contributed by atoms with Crippen molar-refractivity contribution in [3.05, 3.63) is 71.8 Å². The van der Waals surface area contributed by atoms with Gasteiger partial charge in [-0.2, -0.15) is 5.26 Å². The molecule has 0 saturated carbocycles. The van der Waals surface area contributed by atoms with Crippen LogP contribution >= 0.6 is 23.2 Å². The van der Waals surface area contributed by atoms with Crippen LogP contribution in [0.2, 0.25) is 5.02 Å². The van der Waals surface area contributed by atoms with Crippen LogP contribution in [0, 0.1) is 11.3 Å². The van der Waals surface area contributed by atoms with Crippen LogP contribution in [-0.2, 0) is 5.41 Å². The van der Waals surface area contributed by atoms with Crippen LogP contribution in [0.1, 0.15) is 33.3 Å². The highest BCUT2D eigenvalue weighted by atomic mass is 35.5. The van der Waals surface area contributed by atoms with Crippen molar-refractivity contribution in [2.75, 3.05) is 4.90 Å². The Bertz CT molecular complexity index is 800. The summed E-state index contributed by atoms with van der Waals surface area (Å²) >= 11 is 12.7. The van der Waals surface area contributed by atoms with Gasteiger partial charge in [-0.05, 0) is 69.7 Å². The highest BCUT2D eigenvalue weighted by molar-refractivity contribution is 6.30. The minimum atomic E-state index is -0.621. The van der Waals surface area contributed by atoms with Gasteiger partial charge in [-0.3, -0.25) is 0 Å². The number of nitrogens with zero attached hydrogens (tertiary/aromatic N) is 2. The summed E-state index contributed by atoms with van der Waals surface area (Å²) in [5, 5.41) is 10.0. The van der Waals surface area contributed by atoms with E-state index in [1.54, 1.807) is 6.08 Å². The Morgan fingerprint density at radius 2 is 1.50 bits per heavy atom. The maximum atomic E-state index is 9.36. The molecule has 2 aromatic carbocycles. The van der Waals surface area contributed by atoms with E-state index in [2.05, 4.69) is 24.5 Å². The van der Waals surface area contributed by atoms with E-state index < -0.39 is 10.3 Å². The summed E-state index contributed by atoms with van der Waals surface area (Å²) in [6, 6.07) is 18.0. The van der Waals surface area contributed by atoms with Crippen LogP contribution < -0.4 is 4.90 Å². The third-order valence-electron chi connectivity index (χ3n) is 4.85. The maximum Gasteiger partial charge on any atom is 0.0799 e. The van der Waals surface area contributed by atoms with E-state index in [4.69, 9.17) is 23.2 Å². The summed E-state index contributed by atoms with van der Waals surface area (Å²) in [6.45, 7) is 11.7. The normalized spacial score (nSPS) is 14.8. The molecule has 0 aliphatic heterocycles. The minimum Gasteiger partial charge on any atom is -0.337 e. The van der Waals surface area contributed by atoms with Crippen molar-refractivity contribution in [1.29, 1.82) is 5.26 Å². The number of nitriles is 1. The standard InChI is InChI=1S/C22H24Cl2N2/c1-6-22(5,24)16(2)26(20-13-9-18(23)10-14-20)19-11-7-17(8-12-19)21(3,4)15-25/h6-14,16H,1H2,2-5H3/t16-,22?/m0/s1. The van der Waals surface area contributed by atoms with E-state index >= 15 is 0 Å². The minimum absolute atomic E-state index is 0.0577. The first-order valence-electron chi connectivity index (χ1n) is 8.51. The first kappa shape index (κ1) is 20.4. The molecular formula is C22H24Cl2N2. The molecule has 0 N–H and O–H groups in total. The Kier molecular flexibility index (Phi) is 6.06. The number of rotatable bonds is 6. The lowest BCUT2D eigenvalue weighted by Crippen LogP contribution is -2.42. The second-order valence-corrected chi connectivity index (χ2v) is 8.41. The predicted molar refractivity (Wildman–Crippen MR) is 113 cm³/mol. The number of benzene rings is 2. The third kappa shape index (κ3) is 4.23. The van der Waals surface area contributed by atoms with Crippen LogP contribution in [0.3, 0.4) is 0 Å². The molecule has 0 aliphatic rings. The summed E-state index contributed by atoms with van der Waals surface area (Å²) in [7, 11) is 0. The van der Waals surface area contributed by atoms with Gasteiger partial charge in [0, 0.05) is 16.4 Å². The topological polar surface area (TPSA) is 27.0 Å². The number of anilines is 2. The van der Waals surface area contributed by atoms with E-state index in [0.717, 1.165) is 16.9 Å². The van der Waals surface area contributed by atoms with E-state index in [-0.39, 0.29) is 6.04 Å². The number of hydrogen-bond donors (Lipinski definition) is 0. The summed E-state index contributed by atoms with van der Waals surface area (Å²) in [6.07, 6.45) is 1.76. The average Bonchev–Trinajstić information content (AvgIpc) is 2.63. The van der Waals surface area contributed by atoms with Gasteiger partial charge in [-0.1, -0.05) is 29.8 Å². The molecule has 136 valence electrons. The smallest absolute Gasteiger partial charge is 0.0799 e. The molecule has 0 aliphatic carbocycles. The zero-order valence-electron chi connectivity index (χ0n) is 15.6. The van der Waals surface area contributed by atoms with Gasteiger partial charge in [0.15, 0.2) is 0 Å². The van der Waals surface area contributed by atoms with Crippen molar-refractivity contribution in [3.8, 4) is 6.07 Å². The first-order valence-corrected chi connectivity index (χ1v) is 9.27. The average molecular weight is 387 g/mol. The van der Waals surface area contributed by atoms with Gasteiger partial charge in [0.05, 0.1) is 22.4 Å². The first-order chi connectivity index (χ1) is 12.1. The van der Waals surface area contributed by atoms with Crippen LogP contribution in [-0.4, -0.2) is 10.9 Å². The summed E-state index contributed by atoms with van der Waals surface area (Å²) < 4.78 is 0. The largest absolute Gasteiger partial charge is 0.337 e. The molecule has 2 atom stereocenters. The predicted octanol–water partition coefficient (Wildman–Crippen LogP) is 6.85. The lowest BCUT2D eigenvalue weighted by Gasteiger charge is -2.38. The van der Waals surface area contributed by atoms with Crippen molar-refractivity contribution in [3.63, 3.8) is 0 Å². The number of alkyl halides is 1. The maximum absolute atomic E-state index is 9.36. The fraction of sp³-hybridized carbons (Fsp3) is 0.318. The molecule has 0 spiro atoms. The van der Waals surface area contributed by atoms with Crippen molar-refractivity contribution in [2.24, 2.45) is 0 Å². The Labute approximate surface area is 166 Å². The SMILES string of the molecule is C=CC(C)(Cl)[C@H](C)N(c1ccc(Cl)cc1)c1ccc(C(C)(C)C#N)cc1. The molecule has 2 rings (SSSR count). The van der Waals surface area contributed by atoms with Crippen LogP contribution in [0.15, 0.2) is 61.2 Å². The van der Waals surface area contributed by atoms with Gasteiger partial charge in [0.1, 0.15) is 0 Å². The second-order valence-electron chi connectivity index (χ2n) is 7.16. The monoisotopic (exact) mass is 386 g/mol. The Morgan fingerprint density at radius 1 is 1.04 bits per heavy atom. The van der Waals surface area contributed by atoms with Gasteiger partial charge in [-0.15, -0.1) is 18.2 Å². The van der Waals surface area contributed by atoms with Crippen LogP contribution in [0.4, 0.5) is 11.4 Å². The molecule has 2 nitrogen and oxygen atoms in total. The van der Waals surface area contributed by atoms with Gasteiger partial charge in [0.2, 0.25) is 0 Å². The Hall–Kier alpha value is -1.95. The Morgan fingerprint density at radius 3 is 1.92 bits per heavy atom. The zero-order chi connectivity index (χ0) is 19.5. The lowest BCUT2D eigenvalue weighted by molar-refractivity contribution is 0.601. The zero-order valence-corrected chi connectivity index (χ0v) is 17.1. The summed E-state index contributed by atoms with van der Waals surface area (Å²) in [5.41, 5.74) is 2.43. The molecule has 4 heteroatoms. The third-order valence-corrected chi connectivity index (χ3v) is 5.58. The molecule has 0 heterocycles. The number of hydrogen-bond acceptors (Lipinski definition) is 2. The second kappa shape index (κ2) is 7.74. The molecule has 0 radical (unpaired) electrons. The van der Waals surface area contributed by atoms with Crippen LogP contribution in [0.25, 0.3) is 0 Å². The molecule has 1 unspecified atom stereocenters. The summed E-state index contributed by atoms with van der Waals surface area (Å²) in [4.78, 5) is 1.54. The molecule has 26 heavy (non-hydrogen) atoms. The van der Waals surface area contributed by atoms with Crippen molar-refractivity contribution < 1.29 is 0 Å². The van der Waals surface area contributed by atoms with Gasteiger partial charge < -0.3 is 4.90 Å². The highest BCUT2D eigenvalue weighted by Crippen LogP contribution is 2.36. The van der Waals surface area contributed by atoms with Gasteiger partial charge >= 0.3 is 0 Å². The van der Waals surface area contributed by atoms with Crippen molar-refractivity contribution >= 4 is 34.6 Å². The van der Waals surface area contributed by atoms with Gasteiger partial charge in [0.25, 0.3) is 0 Å². The number of halogens is 2. The Balaban J connectivity index is 2.52. The molecule has 0 fully saturated rings. The lowest BCUT2D eigenvalue weighted by atomic mass is 9.86. The van der Waals surface area contributed by atoms with E-state index in [1.165, 1.54) is 0 Å². The molecule has 0 aromatic heterocycles. The quantitative estimate of drug-likeness (QED) is 0.400. The highest BCUT2D eigenvalue weighted by Gasteiger charge is 2.32. The van der Waals surface area contributed by atoms with Crippen LogP contribution in [0.5, 0.6) is 0 Å². The fourth-order valence-electron chi connectivity index (χ4n) is 2.72. The molecule has 0 amide bonds. The molecular weight excluding hydrogens is 363 g/mol. The van der Waals surface area contributed by atoms with Gasteiger partial charge in [-0.25, -0.2) is 0 Å². The van der Waals surface area contributed by atoms with E-state index in [9.17, 15) is 5.26 Å². The fourth-order valence-corrected chi connectivity index (χ4v) is 2.95. The van der Waals surface area contributed by atoms with Crippen molar-refractivity contribution in [2.45, 2.75) is 44.0 Å². The molecule has 2 aromatic rings. The van der Waals surface area contributed by atoms with E-state index in [0.29, 0.717) is 5.02 Å².